The molecular weight excluding hydrogens is 387 g/mol. The Morgan fingerprint density at radius 1 is 1.15 bits per heavy atom. The second kappa shape index (κ2) is 8.41. The van der Waals surface area contributed by atoms with E-state index in [4.69, 9.17) is 27.9 Å². The topological polar surface area (TPSA) is 69.0 Å². The van der Waals surface area contributed by atoms with Gasteiger partial charge in [-0.15, -0.1) is 5.10 Å². The molecule has 2 aromatic carbocycles. The number of nitrogens with zero attached hydrogens (tertiary/aromatic N) is 3. The van der Waals surface area contributed by atoms with Crippen molar-refractivity contribution in [2.24, 2.45) is 0 Å². The first-order valence-electron chi connectivity index (χ1n) is 8.28. The van der Waals surface area contributed by atoms with Crippen molar-refractivity contribution >= 4 is 29.1 Å². The summed E-state index contributed by atoms with van der Waals surface area (Å²) < 4.78 is 6.89. The van der Waals surface area contributed by atoms with Crippen LogP contribution in [-0.2, 0) is 6.42 Å². The predicted molar refractivity (Wildman–Crippen MR) is 105 cm³/mol. The molecular formula is C19H18Cl2N4O2. The van der Waals surface area contributed by atoms with Gasteiger partial charge in [0.05, 0.1) is 12.8 Å². The Balaban J connectivity index is 1.72. The number of carbonyl (C=O) groups is 1. The first-order chi connectivity index (χ1) is 13.0. The summed E-state index contributed by atoms with van der Waals surface area (Å²) in [5.74, 6) is 0.302. The number of amides is 1. The second-order valence-corrected chi connectivity index (χ2v) is 6.76. The zero-order chi connectivity index (χ0) is 19.4. The van der Waals surface area contributed by atoms with Gasteiger partial charge in [0.1, 0.15) is 11.4 Å². The number of halogens is 2. The molecule has 0 fully saturated rings. The van der Waals surface area contributed by atoms with Gasteiger partial charge < -0.3 is 10.1 Å². The Bertz CT molecular complexity index is 955. The van der Waals surface area contributed by atoms with Crippen molar-refractivity contribution in [2.45, 2.75) is 13.3 Å². The second-order valence-electron chi connectivity index (χ2n) is 5.88. The monoisotopic (exact) mass is 404 g/mol. The molecule has 0 bridgehead atoms. The highest BCUT2D eigenvalue weighted by Gasteiger charge is 2.19. The van der Waals surface area contributed by atoms with Crippen LogP contribution in [0.1, 0.15) is 21.7 Å². The van der Waals surface area contributed by atoms with Crippen LogP contribution in [0.25, 0.3) is 5.69 Å². The van der Waals surface area contributed by atoms with Crippen molar-refractivity contribution < 1.29 is 9.53 Å². The average molecular weight is 405 g/mol. The number of benzene rings is 2. The predicted octanol–water partition coefficient (Wildman–Crippen LogP) is 3.86. The van der Waals surface area contributed by atoms with Crippen LogP contribution in [0.3, 0.4) is 0 Å². The molecule has 0 unspecified atom stereocenters. The number of methoxy groups -OCH3 is 1. The van der Waals surface area contributed by atoms with E-state index in [1.807, 2.05) is 24.3 Å². The molecule has 27 heavy (non-hydrogen) atoms. The summed E-state index contributed by atoms with van der Waals surface area (Å²) in [5.41, 5.74) is 2.56. The van der Waals surface area contributed by atoms with Crippen LogP contribution in [-0.4, -0.2) is 34.6 Å². The molecule has 0 atom stereocenters. The van der Waals surface area contributed by atoms with Crippen molar-refractivity contribution in [3.63, 3.8) is 0 Å². The van der Waals surface area contributed by atoms with Gasteiger partial charge in [0.2, 0.25) is 0 Å². The van der Waals surface area contributed by atoms with Crippen molar-refractivity contribution in [1.82, 2.24) is 20.3 Å². The van der Waals surface area contributed by atoms with Gasteiger partial charge in [0, 0.05) is 16.6 Å². The Hall–Kier alpha value is -2.57. The van der Waals surface area contributed by atoms with Gasteiger partial charge in [-0.05, 0) is 49.2 Å². The summed E-state index contributed by atoms with van der Waals surface area (Å²) in [4.78, 5) is 12.5. The molecule has 0 aliphatic heterocycles. The number of hydrogen-bond acceptors (Lipinski definition) is 4. The van der Waals surface area contributed by atoms with Crippen molar-refractivity contribution in [1.29, 1.82) is 0 Å². The molecule has 0 saturated carbocycles. The van der Waals surface area contributed by atoms with E-state index in [0.717, 1.165) is 5.56 Å². The number of carbonyl (C=O) groups excluding carboxylic acids is 1. The fraction of sp³-hybridized carbons (Fsp3) is 0.211. The molecule has 1 heterocycles. The SMILES string of the molecule is COc1ccc(Cl)cc1-n1nnc(C(=O)NCCc2ccc(Cl)cc2)c1C. The van der Waals surface area contributed by atoms with Crippen LogP contribution in [0.15, 0.2) is 42.5 Å². The quantitative estimate of drug-likeness (QED) is 0.676. The van der Waals surface area contributed by atoms with Gasteiger partial charge in [-0.3, -0.25) is 4.79 Å². The largest absolute Gasteiger partial charge is 0.494 e. The molecule has 3 aromatic rings. The minimum Gasteiger partial charge on any atom is -0.494 e. The van der Waals surface area contributed by atoms with Gasteiger partial charge in [0.25, 0.3) is 5.91 Å². The summed E-state index contributed by atoms with van der Waals surface area (Å²) in [6.07, 6.45) is 0.693. The van der Waals surface area contributed by atoms with Crippen molar-refractivity contribution in [2.75, 3.05) is 13.7 Å². The fourth-order valence-electron chi connectivity index (χ4n) is 2.65. The van der Waals surface area contributed by atoms with E-state index in [1.165, 1.54) is 0 Å². The molecule has 6 nitrogen and oxygen atoms in total. The smallest absolute Gasteiger partial charge is 0.273 e. The number of nitrogens with one attached hydrogen (secondary N) is 1. The van der Waals surface area contributed by atoms with Crippen molar-refractivity contribution in [3.05, 3.63) is 69.5 Å². The van der Waals surface area contributed by atoms with E-state index in [0.29, 0.717) is 40.1 Å². The highest BCUT2D eigenvalue weighted by atomic mass is 35.5. The number of aromatic nitrogens is 3. The molecule has 1 N–H and O–H groups in total. The maximum atomic E-state index is 12.5. The molecule has 1 amide bonds. The lowest BCUT2D eigenvalue weighted by Gasteiger charge is -2.10. The van der Waals surface area contributed by atoms with E-state index in [1.54, 1.807) is 36.9 Å². The van der Waals surface area contributed by atoms with Crippen LogP contribution < -0.4 is 10.1 Å². The lowest BCUT2D eigenvalue weighted by Crippen LogP contribution is -2.26. The summed E-state index contributed by atoms with van der Waals surface area (Å²) >= 11 is 12.0. The molecule has 0 saturated heterocycles. The highest BCUT2D eigenvalue weighted by molar-refractivity contribution is 6.31. The average Bonchev–Trinajstić information content (AvgIpc) is 3.04. The fourth-order valence-corrected chi connectivity index (χ4v) is 2.94. The minimum absolute atomic E-state index is 0.258. The van der Waals surface area contributed by atoms with E-state index in [2.05, 4.69) is 15.6 Å². The molecule has 0 radical (unpaired) electrons. The summed E-state index contributed by atoms with van der Waals surface area (Å²) in [5, 5.41) is 12.2. The standard InChI is InChI=1S/C19H18Cl2N4O2/c1-12-18(19(26)22-10-9-13-3-5-14(20)6-4-13)23-24-25(12)16-11-15(21)7-8-17(16)27-2/h3-8,11H,9-10H2,1-2H3,(H,22,26). The van der Waals surface area contributed by atoms with Crippen LogP contribution in [0.5, 0.6) is 5.75 Å². The van der Waals surface area contributed by atoms with Crippen molar-refractivity contribution in [3.8, 4) is 11.4 Å². The normalized spacial score (nSPS) is 10.7. The molecule has 140 valence electrons. The molecule has 3 rings (SSSR count). The van der Waals surface area contributed by atoms with E-state index < -0.39 is 0 Å². The third-order valence-corrected chi connectivity index (χ3v) is 4.58. The first-order valence-corrected chi connectivity index (χ1v) is 9.04. The van der Waals surface area contributed by atoms with Crippen LogP contribution in [0.4, 0.5) is 0 Å². The Kier molecular flexibility index (Phi) is 5.98. The molecule has 1 aromatic heterocycles. The maximum absolute atomic E-state index is 12.5. The van der Waals surface area contributed by atoms with Crippen LogP contribution in [0.2, 0.25) is 10.0 Å². The van der Waals surface area contributed by atoms with Gasteiger partial charge in [-0.2, -0.15) is 0 Å². The van der Waals surface area contributed by atoms with Gasteiger partial charge >= 0.3 is 0 Å². The lowest BCUT2D eigenvalue weighted by molar-refractivity contribution is 0.0948. The van der Waals surface area contributed by atoms with E-state index >= 15 is 0 Å². The number of rotatable bonds is 6. The van der Waals surface area contributed by atoms with E-state index in [-0.39, 0.29) is 11.6 Å². The van der Waals surface area contributed by atoms with Gasteiger partial charge in [-0.1, -0.05) is 40.5 Å². The summed E-state index contributed by atoms with van der Waals surface area (Å²) in [6, 6.07) is 12.7. The Morgan fingerprint density at radius 3 is 2.56 bits per heavy atom. The maximum Gasteiger partial charge on any atom is 0.273 e. The van der Waals surface area contributed by atoms with E-state index in [9.17, 15) is 4.79 Å². The van der Waals surface area contributed by atoms with Crippen LogP contribution in [0, 0.1) is 6.92 Å². The molecule has 8 heteroatoms. The molecule has 0 aliphatic rings. The first kappa shape index (κ1) is 19.2. The summed E-state index contributed by atoms with van der Waals surface area (Å²) in [6.45, 7) is 2.25. The van der Waals surface area contributed by atoms with Crippen LogP contribution >= 0.6 is 23.2 Å². The Labute approximate surface area is 167 Å². The van der Waals surface area contributed by atoms with Gasteiger partial charge in [-0.25, -0.2) is 4.68 Å². The molecule has 0 spiro atoms. The zero-order valence-corrected chi connectivity index (χ0v) is 16.4. The van der Waals surface area contributed by atoms with Gasteiger partial charge in [0.15, 0.2) is 5.69 Å². The highest BCUT2D eigenvalue weighted by Crippen LogP contribution is 2.27. The Morgan fingerprint density at radius 2 is 1.85 bits per heavy atom. The lowest BCUT2D eigenvalue weighted by atomic mass is 10.1. The third-order valence-electron chi connectivity index (χ3n) is 4.09. The zero-order valence-electron chi connectivity index (χ0n) is 14.9. The summed E-state index contributed by atoms with van der Waals surface area (Å²) in [7, 11) is 1.56. The number of hydrogen-bond donors (Lipinski definition) is 1. The third kappa shape index (κ3) is 4.40. The minimum atomic E-state index is -0.284. The molecule has 0 aliphatic carbocycles. The number of ether oxygens (including phenoxy) is 1.